The summed E-state index contributed by atoms with van der Waals surface area (Å²) in [6, 6.07) is 25.2. The molecule has 1 amide bonds. The van der Waals surface area contributed by atoms with Gasteiger partial charge >= 0.3 is 0 Å². The first kappa shape index (κ1) is 17.1. The van der Waals surface area contributed by atoms with Gasteiger partial charge in [-0.2, -0.15) is 5.26 Å². The standard InChI is InChI=1S/C21H16N2O3/c22-14-16-6-4-10-19(12-16)25-15-21(24)23-17-7-5-11-20(13-17)26-18-8-2-1-3-9-18/h1-13H,15H2,(H,23,24). The van der Waals surface area contributed by atoms with E-state index in [2.05, 4.69) is 5.32 Å². The van der Waals surface area contributed by atoms with Gasteiger partial charge < -0.3 is 14.8 Å². The molecule has 0 saturated carbocycles. The van der Waals surface area contributed by atoms with Crippen LogP contribution < -0.4 is 14.8 Å². The Morgan fingerprint density at radius 3 is 2.42 bits per heavy atom. The normalized spacial score (nSPS) is 9.81. The van der Waals surface area contributed by atoms with E-state index in [1.165, 1.54) is 0 Å². The highest BCUT2D eigenvalue weighted by molar-refractivity contribution is 5.92. The molecule has 3 aromatic carbocycles. The van der Waals surface area contributed by atoms with E-state index in [1.54, 1.807) is 42.5 Å². The molecule has 0 bridgehead atoms. The molecule has 3 aromatic rings. The van der Waals surface area contributed by atoms with Gasteiger partial charge in [0.1, 0.15) is 17.2 Å². The van der Waals surface area contributed by atoms with Crippen LogP contribution in [0.3, 0.4) is 0 Å². The average Bonchev–Trinajstić information content (AvgIpc) is 2.68. The molecular weight excluding hydrogens is 328 g/mol. The summed E-state index contributed by atoms with van der Waals surface area (Å²) < 4.78 is 11.2. The number of ether oxygens (including phenoxy) is 2. The highest BCUT2D eigenvalue weighted by atomic mass is 16.5. The van der Waals surface area contributed by atoms with E-state index in [0.29, 0.717) is 22.7 Å². The number of rotatable bonds is 6. The highest BCUT2D eigenvalue weighted by Gasteiger charge is 2.06. The molecule has 0 aliphatic heterocycles. The number of anilines is 1. The molecule has 0 unspecified atom stereocenters. The van der Waals surface area contributed by atoms with Crippen LogP contribution in [-0.2, 0) is 4.79 Å². The van der Waals surface area contributed by atoms with Gasteiger partial charge in [-0.05, 0) is 42.5 Å². The molecule has 26 heavy (non-hydrogen) atoms. The monoisotopic (exact) mass is 344 g/mol. The van der Waals surface area contributed by atoms with Crippen molar-refractivity contribution < 1.29 is 14.3 Å². The first-order valence-corrected chi connectivity index (χ1v) is 7.99. The lowest BCUT2D eigenvalue weighted by Crippen LogP contribution is -2.20. The van der Waals surface area contributed by atoms with Gasteiger partial charge in [0.2, 0.25) is 0 Å². The van der Waals surface area contributed by atoms with Gasteiger partial charge in [0.15, 0.2) is 6.61 Å². The third-order valence-electron chi connectivity index (χ3n) is 3.43. The largest absolute Gasteiger partial charge is 0.484 e. The number of hydrogen-bond donors (Lipinski definition) is 1. The van der Waals surface area contributed by atoms with Crippen LogP contribution in [0.15, 0.2) is 78.9 Å². The van der Waals surface area contributed by atoms with Crippen LogP contribution in [0.1, 0.15) is 5.56 Å². The van der Waals surface area contributed by atoms with Gasteiger partial charge in [-0.3, -0.25) is 4.79 Å². The summed E-state index contributed by atoms with van der Waals surface area (Å²) in [6.45, 7) is -0.154. The summed E-state index contributed by atoms with van der Waals surface area (Å²) in [7, 11) is 0. The maximum atomic E-state index is 12.1. The highest BCUT2D eigenvalue weighted by Crippen LogP contribution is 2.23. The molecule has 0 spiro atoms. The Kier molecular flexibility index (Phi) is 5.48. The molecule has 0 fully saturated rings. The van der Waals surface area contributed by atoms with Gasteiger partial charge in [-0.25, -0.2) is 0 Å². The minimum absolute atomic E-state index is 0.154. The molecule has 0 aliphatic carbocycles. The number of amides is 1. The zero-order chi connectivity index (χ0) is 18.2. The van der Waals surface area contributed by atoms with Gasteiger partial charge in [-0.15, -0.1) is 0 Å². The Morgan fingerprint density at radius 2 is 1.62 bits per heavy atom. The molecule has 0 heterocycles. The number of carbonyl (C=O) groups excluding carboxylic acids is 1. The van der Waals surface area contributed by atoms with E-state index in [9.17, 15) is 4.79 Å². The number of hydrogen-bond acceptors (Lipinski definition) is 4. The number of nitrogens with one attached hydrogen (secondary N) is 1. The van der Waals surface area contributed by atoms with Crippen molar-refractivity contribution in [3.8, 4) is 23.3 Å². The van der Waals surface area contributed by atoms with Gasteiger partial charge in [0, 0.05) is 11.8 Å². The van der Waals surface area contributed by atoms with Crippen LogP contribution >= 0.6 is 0 Å². The minimum atomic E-state index is -0.302. The first-order chi connectivity index (χ1) is 12.7. The topological polar surface area (TPSA) is 71.3 Å². The zero-order valence-corrected chi connectivity index (χ0v) is 13.9. The van der Waals surface area contributed by atoms with Crippen molar-refractivity contribution in [1.82, 2.24) is 0 Å². The zero-order valence-electron chi connectivity index (χ0n) is 13.9. The molecule has 5 nitrogen and oxygen atoms in total. The Balaban J connectivity index is 1.57. The maximum Gasteiger partial charge on any atom is 0.262 e. The number of nitrogens with zero attached hydrogens (tertiary/aromatic N) is 1. The molecular formula is C21H16N2O3. The van der Waals surface area contributed by atoms with Crippen molar-refractivity contribution in [1.29, 1.82) is 5.26 Å². The fraction of sp³-hybridized carbons (Fsp3) is 0.0476. The van der Waals surface area contributed by atoms with Crippen molar-refractivity contribution in [2.75, 3.05) is 11.9 Å². The van der Waals surface area contributed by atoms with Crippen molar-refractivity contribution in [3.63, 3.8) is 0 Å². The lowest BCUT2D eigenvalue weighted by atomic mass is 10.2. The van der Waals surface area contributed by atoms with E-state index < -0.39 is 0 Å². The molecule has 0 aromatic heterocycles. The number of para-hydroxylation sites is 1. The minimum Gasteiger partial charge on any atom is -0.484 e. The predicted molar refractivity (Wildman–Crippen MR) is 98.2 cm³/mol. The lowest BCUT2D eigenvalue weighted by Gasteiger charge is -2.10. The number of benzene rings is 3. The molecule has 0 atom stereocenters. The third-order valence-corrected chi connectivity index (χ3v) is 3.43. The van der Waals surface area contributed by atoms with E-state index >= 15 is 0 Å². The molecule has 0 radical (unpaired) electrons. The summed E-state index contributed by atoms with van der Waals surface area (Å²) in [5.41, 5.74) is 1.09. The first-order valence-electron chi connectivity index (χ1n) is 7.99. The molecule has 1 N–H and O–H groups in total. The van der Waals surface area contributed by atoms with Crippen LogP contribution in [0.5, 0.6) is 17.2 Å². The molecule has 3 rings (SSSR count). The van der Waals surface area contributed by atoms with Crippen molar-refractivity contribution in [2.24, 2.45) is 0 Å². The second kappa shape index (κ2) is 8.36. The molecule has 128 valence electrons. The average molecular weight is 344 g/mol. The quantitative estimate of drug-likeness (QED) is 0.721. The van der Waals surface area contributed by atoms with E-state index in [1.807, 2.05) is 42.5 Å². The van der Waals surface area contributed by atoms with Gasteiger partial charge in [-0.1, -0.05) is 30.3 Å². The Morgan fingerprint density at radius 1 is 0.885 bits per heavy atom. The SMILES string of the molecule is N#Cc1cccc(OCC(=O)Nc2cccc(Oc3ccccc3)c2)c1. The van der Waals surface area contributed by atoms with Crippen molar-refractivity contribution in [3.05, 3.63) is 84.4 Å². The fourth-order valence-corrected chi connectivity index (χ4v) is 2.26. The summed E-state index contributed by atoms with van der Waals surface area (Å²) >= 11 is 0. The Bertz CT molecular complexity index is 933. The maximum absolute atomic E-state index is 12.1. The van der Waals surface area contributed by atoms with Crippen LogP contribution in [0.4, 0.5) is 5.69 Å². The summed E-state index contributed by atoms with van der Waals surface area (Å²) in [6.07, 6.45) is 0. The van der Waals surface area contributed by atoms with Crippen LogP contribution in [0, 0.1) is 11.3 Å². The second-order valence-corrected chi connectivity index (χ2v) is 5.42. The fourth-order valence-electron chi connectivity index (χ4n) is 2.26. The number of nitriles is 1. The van der Waals surface area contributed by atoms with Gasteiger partial charge in [0.25, 0.3) is 5.91 Å². The van der Waals surface area contributed by atoms with Crippen LogP contribution in [0.25, 0.3) is 0 Å². The number of carbonyl (C=O) groups is 1. The summed E-state index contributed by atoms with van der Waals surface area (Å²) in [5.74, 6) is 1.51. The van der Waals surface area contributed by atoms with E-state index in [0.717, 1.165) is 5.75 Å². The molecule has 5 heteroatoms. The smallest absolute Gasteiger partial charge is 0.262 e. The predicted octanol–water partition coefficient (Wildman–Crippen LogP) is 4.37. The second-order valence-electron chi connectivity index (χ2n) is 5.42. The van der Waals surface area contributed by atoms with Crippen LogP contribution in [-0.4, -0.2) is 12.5 Å². The summed E-state index contributed by atoms with van der Waals surface area (Å²) in [5, 5.41) is 11.6. The summed E-state index contributed by atoms with van der Waals surface area (Å²) in [4.78, 5) is 12.1. The van der Waals surface area contributed by atoms with E-state index in [4.69, 9.17) is 14.7 Å². The molecule has 0 aliphatic rings. The Labute approximate surface area is 151 Å². The van der Waals surface area contributed by atoms with Crippen LogP contribution in [0.2, 0.25) is 0 Å². The van der Waals surface area contributed by atoms with Crippen molar-refractivity contribution in [2.45, 2.75) is 0 Å². The van der Waals surface area contributed by atoms with E-state index in [-0.39, 0.29) is 12.5 Å². The Hall–Kier alpha value is -3.78. The lowest BCUT2D eigenvalue weighted by molar-refractivity contribution is -0.118. The van der Waals surface area contributed by atoms with Crippen molar-refractivity contribution >= 4 is 11.6 Å². The molecule has 0 saturated heterocycles. The van der Waals surface area contributed by atoms with Gasteiger partial charge in [0.05, 0.1) is 11.6 Å². The third kappa shape index (κ3) is 4.86.